The number of rotatable bonds is 2. The predicted molar refractivity (Wildman–Crippen MR) is 47.8 cm³/mol. The Morgan fingerprint density at radius 2 is 2.31 bits per heavy atom. The van der Waals surface area contributed by atoms with Crippen LogP contribution in [0.2, 0.25) is 0 Å². The van der Waals surface area contributed by atoms with Crippen LogP contribution in [0.3, 0.4) is 0 Å². The van der Waals surface area contributed by atoms with E-state index >= 15 is 0 Å². The number of hydrogen-bond acceptors (Lipinski definition) is 4. The van der Waals surface area contributed by atoms with Crippen molar-refractivity contribution in [3.8, 4) is 0 Å². The van der Waals surface area contributed by atoms with E-state index in [0.717, 1.165) is 0 Å². The first-order valence-electron chi connectivity index (χ1n) is 3.69. The van der Waals surface area contributed by atoms with Crippen molar-refractivity contribution in [2.24, 2.45) is 5.73 Å². The lowest BCUT2D eigenvalue weighted by Gasteiger charge is -2.18. The third-order valence-electron chi connectivity index (χ3n) is 1.76. The zero-order chi connectivity index (χ0) is 10.1. The number of nitrogen functional groups attached to an aromatic ring is 1. The van der Waals surface area contributed by atoms with Crippen LogP contribution in [0, 0.1) is 0 Å². The number of nitrogens with two attached hydrogens (primary N) is 2. The number of nitrogens with zero attached hydrogens (tertiary/aromatic N) is 1. The van der Waals surface area contributed by atoms with Crippen molar-refractivity contribution in [1.29, 1.82) is 0 Å². The molecule has 0 saturated carbocycles. The maximum atomic E-state index is 10.7. The second-order valence-electron chi connectivity index (χ2n) is 2.98. The number of anilines is 1. The van der Waals surface area contributed by atoms with Crippen LogP contribution in [0.4, 0.5) is 5.69 Å². The second kappa shape index (κ2) is 3.02. The molecule has 0 bridgehead atoms. The van der Waals surface area contributed by atoms with E-state index < -0.39 is 11.5 Å². The molecule has 13 heavy (non-hydrogen) atoms. The maximum Gasteiger partial charge on any atom is 0.329 e. The molecule has 5 N–H and O–H groups in total. The number of hydrogen-bond donors (Lipinski definition) is 3. The van der Waals surface area contributed by atoms with E-state index in [0.29, 0.717) is 5.69 Å². The lowest BCUT2D eigenvalue weighted by Crippen LogP contribution is -2.42. The first-order valence-corrected chi connectivity index (χ1v) is 3.69. The topological polar surface area (TPSA) is 102 Å². The van der Waals surface area contributed by atoms with Crippen molar-refractivity contribution in [3.05, 3.63) is 24.0 Å². The third-order valence-corrected chi connectivity index (χ3v) is 1.76. The van der Waals surface area contributed by atoms with Crippen LogP contribution < -0.4 is 11.5 Å². The van der Waals surface area contributed by atoms with Crippen LogP contribution in [0.1, 0.15) is 12.6 Å². The van der Waals surface area contributed by atoms with E-state index in [1.54, 1.807) is 6.07 Å². The Bertz CT molecular complexity index is 336. The van der Waals surface area contributed by atoms with Crippen molar-refractivity contribution < 1.29 is 9.90 Å². The summed E-state index contributed by atoms with van der Waals surface area (Å²) in [5.41, 5.74) is 10.2. The van der Waals surface area contributed by atoms with Gasteiger partial charge in [-0.2, -0.15) is 0 Å². The third kappa shape index (κ3) is 1.75. The molecule has 1 heterocycles. The standard InChI is InChI=1S/C8H11N3O2/c1-8(10,7(12)13)6-4-5(9)2-3-11-6/h2-4H,10H2,1H3,(H2,9,11)(H,12,13). The lowest BCUT2D eigenvalue weighted by molar-refractivity contribution is -0.143. The molecular formula is C8H11N3O2. The molecule has 0 saturated heterocycles. The number of carboxylic acid groups (broad SMARTS) is 1. The van der Waals surface area contributed by atoms with Gasteiger partial charge in [0.05, 0.1) is 5.69 Å². The molecular weight excluding hydrogens is 170 g/mol. The van der Waals surface area contributed by atoms with E-state index in [9.17, 15) is 4.79 Å². The summed E-state index contributed by atoms with van der Waals surface area (Å²) in [6.07, 6.45) is 1.43. The van der Waals surface area contributed by atoms with Crippen molar-refractivity contribution in [2.75, 3.05) is 5.73 Å². The van der Waals surface area contributed by atoms with Gasteiger partial charge >= 0.3 is 5.97 Å². The van der Waals surface area contributed by atoms with Gasteiger partial charge in [-0.25, -0.2) is 4.79 Å². The van der Waals surface area contributed by atoms with Crippen LogP contribution in [-0.2, 0) is 10.3 Å². The first-order chi connectivity index (χ1) is 5.94. The molecule has 0 radical (unpaired) electrons. The molecule has 0 aromatic carbocycles. The minimum absolute atomic E-state index is 0.250. The molecule has 5 nitrogen and oxygen atoms in total. The Kier molecular flexibility index (Phi) is 2.20. The number of aromatic nitrogens is 1. The SMILES string of the molecule is CC(N)(C(=O)O)c1cc(N)ccn1. The number of pyridine rings is 1. The highest BCUT2D eigenvalue weighted by Crippen LogP contribution is 2.17. The lowest BCUT2D eigenvalue weighted by atomic mass is 9.99. The van der Waals surface area contributed by atoms with E-state index in [2.05, 4.69) is 4.98 Å². The molecule has 5 heteroatoms. The van der Waals surface area contributed by atoms with Gasteiger partial charge in [-0.05, 0) is 19.1 Å². The molecule has 1 aromatic rings. The Morgan fingerprint density at radius 1 is 1.69 bits per heavy atom. The summed E-state index contributed by atoms with van der Waals surface area (Å²) < 4.78 is 0. The quantitative estimate of drug-likeness (QED) is 0.592. The zero-order valence-corrected chi connectivity index (χ0v) is 7.19. The Morgan fingerprint density at radius 3 is 2.77 bits per heavy atom. The molecule has 0 fully saturated rings. The normalized spacial score (nSPS) is 14.9. The summed E-state index contributed by atoms with van der Waals surface area (Å²) in [4.78, 5) is 14.6. The van der Waals surface area contributed by atoms with Crippen LogP contribution in [-0.4, -0.2) is 16.1 Å². The van der Waals surface area contributed by atoms with E-state index in [4.69, 9.17) is 16.6 Å². The van der Waals surface area contributed by atoms with Gasteiger partial charge in [0.2, 0.25) is 0 Å². The van der Waals surface area contributed by atoms with Crippen LogP contribution in [0.5, 0.6) is 0 Å². The van der Waals surface area contributed by atoms with Crippen LogP contribution >= 0.6 is 0 Å². The maximum absolute atomic E-state index is 10.7. The summed E-state index contributed by atoms with van der Waals surface area (Å²) in [5, 5.41) is 8.78. The largest absolute Gasteiger partial charge is 0.480 e. The fraction of sp³-hybridized carbons (Fsp3) is 0.250. The van der Waals surface area contributed by atoms with Crippen molar-refractivity contribution in [3.63, 3.8) is 0 Å². The second-order valence-corrected chi connectivity index (χ2v) is 2.98. The Balaban J connectivity index is 3.14. The van der Waals surface area contributed by atoms with E-state index in [1.165, 1.54) is 19.2 Å². The first kappa shape index (κ1) is 9.47. The monoisotopic (exact) mass is 181 g/mol. The van der Waals surface area contributed by atoms with Crippen LogP contribution in [0.25, 0.3) is 0 Å². The van der Waals surface area contributed by atoms with E-state index in [-0.39, 0.29) is 5.69 Å². The zero-order valence-electron chi connectivity index (χ0n) is 7.19. The molecule has 0 aliphatic carbocycles. The van der Waals surface area contributed by atoms with Crippen molar-refractivity contribution >= 4 is 11.7 Å². The highest BCUT2D eigenvalue weighted by molar-refractivity contribution is 5.79. The molecule has 0 amide bonds. The fourth-order valence-electron chi connectivity index (χ4n) is 0.840. The average molecular weight is 181 g/mol. The van der Waals surface area contributed by atoms with Gasteiger partial charge in [0.15, 0.2) is 5.54 Å². The fourth-order valence-corrected chi connectivity index (χ4v) is 0.840. The predicted octanol–water partition coefficient (Wildman–Crippen LogP) is -0.0777. The number of carbonyl (C=O) groups is 1. The molecule has 0 aliphatic rings. The minimum atomic E-state index is -1.49. The molecule has 0 spiro atoms. The van der Waals surface area contributed by atoms with Crippen LogP contribution in [0.15, 0.2) is 18.3 Å². The highest BCUT2D eigenvalue weighted by Gasteiger charge is 2.31. The highest BCUT2D eigenvalue weighted by atomic mass is 16.4. The van der Waals surface area contributed by atoms with Gasteiger partial charge in [0, 0.05) is 11.9 Å². The summed E-state index contributed by atoms with van der Waals surface area (Å²) in [6, 6.07) is 3.02. The molecule has 70 valence electrons. The van der Waals surface area contributed by atoms with Gasteiger partial charge < -0.3 is 16.6 Å². The summed E-state index contributed by atoms with van der Waals surface area (Å²) >= 11 is 0. The number of carboxylic acids is 1. The average Bonchev–Trinajstić information content (AvgIpc) is 2.04. The van der Waals surface area contributed by atoms with Crippen molar-refractivity contribution in [1.82, 2.24) is 4.98 Å². The van der Waals surface area contributed by atoms with Crippen molar-refractivity contribution in [2.45, 2.75) is 12.5 Å². The minimum Gasteiger partial charge on any atom is -0.480 e. The smallest absolute Gasteiger partial charge is 0.329 e. The Labute approximate surface area is 75.4 Å². The van der Waals surface area contributed by atoms with Gasteiger partial charge in [0.1, 0.15) is 0 Å². The summed E-state index contributed by atoms with van der Waals surface area (Å²) in [7, 11) is 0. The Hall–Kier alpha value is -1.62. The molecule has 1 aromatic heterocycles. The summed E-state index contributed by atoms with van der Waals surface area (Å²) in [6.45, 7) is 1.37. The number of aliphatic carboxylic acids is 1. The molecule has 0 aliphatic heterocycles. The molecule has 1 rings (SSSR count). The van der Waals surface area contributed by atoms with Gasteiger partial charge in [-0.15, -0.1) is 0 Å². The summed E-state index contributed by atoms with van der Waals surface area (Å²) in [5.74, 6) is -1.13. The molecule has 1 atom stereocenters. The molecule has 1 unspecified atom stereocenters. The van der Waals surface area contributed by atoms with Gasteiger partial charge in [0.25, 0.3) is 0 Å². The van der Waals surface area contributed by atoms with Gasteiger partial charge in [-0.3, -0.25) is 4.98 Å². The van der Waals surface area contributed by atoms with Gasteiger partial charge in [-0.1, -0.05) is 0 Å². The van der Waals surface area contributed by atoms with E-state index in [1.807, 2.05) is 0 Å².